The maximum absolute atomic E-state index is 12.1. The number of carbonyl (C=O) groups excluding carboxylic acids is 1. The van der Waals surface area contributed by atoms with Gasteiger partial charge in [-0.25, -0.2) is 9.78 Å². The summed E-state index contributed by atoms with van der Waals surface area (Å²) in [5.74, 6) is -0.847. The van der Waals surface area contributed by atoms with Gasteiger partial charge in [-0.3, -0.25) is 15.0 Å². The Balaban J connectivity index is 1.83. The lowest BCUT2D eigenvalue weighted by Gasteiger charge is -2.33. The topological polar surface area (TPSA) is 104 Å². The summed E-state index contributed by atoms with van der Waals surface area (Å²) in [4.78, 5) is 30.2. The summed E-state index contributed by atoms with van der Waals surface area (Å²) >= 11 is 0. The van der Waals surface area contributed by atoms with Crippen LogP contribution in [0.4, 0.5) is 10.5 Å². The van der Waals surface area contributed by atoms with E-state index in [1.165, 1.54) is 0 Å². The van der Waals surface area contributed by atoms with Crippen LogP contribution in [0.2, 0.25) is 0 Å². The Kier molecular flexibility index (Phi) is 5.81. The molecule has 8 heteroatoms. The second-order valence-electron chi connectivity index (χ2n) is 7.84. The number of amides is 1. The number of aliphatic carboxylic acids is 1. The van der Waals surface area contributed by atoms with E-state index in [-0.39, 0.29) is 0 Å². The largest absolute Gasteiger partial charge is 0.480 e. The number of rotatable bonds is 4. The molecule has 1 aliphatic rings. The van der Waals surface area contributed by atoms with Crippen molar-refractivity contribution in [3.8, 4) is 0 Å². The highest BCUT2D eigenvalue weighted by molar-refractivity contribution is 5.97. The fraction of sp³-hybridized carbons (Fsp3) is 0.450. The molecule has 0 radical (unpaired) electrons. The number of para-hydroxylation sites is 1. The van der Waals surface area contributed by atoms with Crippen LogP contribution in [0.25, 0.3) is 10.9 Å². The number of benzene rings is 1. The number of nitrogens with one attached hydrogen (secondary N) is 2. The molecule has 1 atom stereocenters. The van der Waals surface area contributed by atoms with Crippen LogP contribution in [0.15, 0.2) is 30.3 Å². The van der Waals surface area contributed by atoms with Crippen molar-refractivity contribution in [2.24, 2.45) is 0 Å². The van der Waals surface area contributed by atoms with Crippen molar-refractivity contribution in [2.75, 3.05) is 25.0 Å². The van der Waals surface area contributed by atoms with Gasteiger partial charge in [-0.15, -0.1) is 0 Å². The number of carbonyl (C=O) groups is 2. The molecule has 1 amide bonds. The van der Waals surface area contributed by atoms with E-state index in [0.717, 1.165) is 17.6 Å². The van der Waals surface area contributed by atoms with Crippen LogP contribution in [0, 0.1) is 0 Å². The van der Waals surface area contributed by atoms with Crippen molar-refractivity contribution in [3.05, 3.63) is 36.0 Å². The summed E-state index contributed by atoms with van der Waals surface area (Å²) in [5, 5.41) is 16.2. The first-order valence-electron chi connectivity index (χ1n) is 9.29. The molecule has 0 saturated carbocycles. The standard InChI is InChI=1S/C20H26N4O4/c1-20(2,3)28-19(27)23-15-6-4-5-13-7-8-14(22-17(13)15)12-24-10-9-21-11-16(24)18(25)26/h4-8,16,21H,9-12H2,1-3H3,(H,23,27)(H,25,26). The number of ether oxygens (including phenoxy) is 1. The lowest BCUT2D eigenvalue weighted by molar-refractivity contribution is -0.144. The molecule has 2 heterocycles. The van der Waals surface area contributed by atoms with Gasteiger partial charge >= 0.3 is 12.1 Å². The summed E-state index contributed by atoms with van der Waals surface area (Å²) in [7, 11) is 0. The van der Waals surface area contributed by atoms with Crippen molar-refractivity contribution in [3.63, 3.8) is 0 Å². The third-order valence-electron chi connectivity index (χ3n) is 4.42. The molecule has 150 valence electrons. The number of aromatic nitrogens is 1. The van der Waals surface area contributed by atoms with Gasteiger partial charge in [-0.2, -0.15) is 0 Å². The first kappa shape index (κ1) is 20.0. The van der Waals surface area contributed by atoms with E-state index in [9.17, 15) is 14.7 Å². The third-order valence-corrected chi connectivity index (χ3v) is 4.42. The van der Waals surface area contributed by atoms with Gasteiger partial charge in [0.15, 0.2) is 0 Å². The fourth-order valence-electron chi connectivity index (χ4n) is 3.18. The molecular formula is C20H26N4O4. The fourth-order valence-corrected chi connectivity index (χ4v) is 3.18. The monoisotopic (exact) mass is 386 g/mol. The van der Waals surface area contributed by atoms with E-state index in [1.807, 2.05) is 29.2 Å². The maximum atomic E-state index is 12.1. The van der Waals surface area contributed by atoms with Gasteiger partial charge in [0.25, 0.3) is 0 Å². The highest BCUT2D eigenvalue weighted by Crippen LogP contribution is 2.23. The van der Waals surface area contributed by atoms with Gasteiger partial charge in [-0.05, 0) is 32.9 Å². The van der Waals surface area contributed by atoms with E-state index in [2.05, 4.69) is 15.6 Å². The van der Waals surface area contributed by atoms with Crippen LogP contribution in [0.5, 0.6) is 0 Å². The number of hydrogen-bond acceptors (Lipinski definition) is 6. The molecular weight excluding hydrogens is 360 g/mol. The molecule has 3 rings (SSSR count). The predicted molar refractivity (Wildman–Crippen MR) is 106 cm³/mol. The van der Waals surface area contributed by atoms with Gasteiger partial charge in [0.1, 0.15) is 11.6 Å². The molecule has 1 fully saturated rings. The molecule has 2 aromatic rings. The summed E-state index contributed by atoms with van der Waals surface area (Å²) in [5.41, 5.74) is 1.36. The lowest BCUT2D eigenvalue weighted by Crippen LogP contribution is -2.54. The third kappa shape index (κ3) is 4.96. The number of carboxylic acid groups (broad SMARTS) is 1. The molecule has 28 heavy (non-hydrogen) atoms. The Labute approximate surface area is 163 Å². The number of piperazine rings is 1. The Hall–Kier alpha value is -2.71. The number of pyridine rings is 1. The minimum Gasteiger partial charge on any atom is -0.480 e. The number of hydrogen-bond donors (Lipinski definition) is 3. The van der Waals surface area contributed by atoms with E-state index >= 15 is 0 Å². The van der Waals surface area contributed by atoms with Gasteiger partial charge < -0.3 is 15.2 Å². The average Bonchev–Trinajstić information content (AvgIpc) is 2.61. The van der Waals surface area contributed by atoms with Gasteiger partial charge in [0.05, 0.1) is 16.9 Å². The minimum absolute atomic E-state index is 0.411. The van der Waals surface area contributed by atoms with E-state index in [1.54, 1.807) is 26.8 Å². The Morgan fingerprint density at radius 3 is 2.82 bits per heavy atom. The number of fused-ring (bicyclic) bond motifs is 1. The highest BCUT2D eigenvalue weighted by atomic mass is 16.6. The molecule has 8 nitrogen and oxygen atoms in total. The Morgan fingerprint density at radius 2 is 2.11 bits per heavy atom. The van der Waals surface area contributed by atoms with Crippen LogP contribution in [0.1, 0.15) is 26.5 Å². The number of anilines is 1. The van der Waals surface area contributed by atoms with Crippen molar-refractivity contribution >= 4 is 28.7 Å². The average molecular weight is 386 g/mol. The zero-order valence-corrected chi connectivity index (χ0v) is 16.4. The molecule has 3 N–H and O–H groups in total. The van der Waals surface area contributed by atoms with Gasteiger partial charge in [-0.1, -0.05) is 18.2 Å². The molecule has 0 spiro atoms. The highest BCUT2D eigenvalue weighted by Gasteiger charge is 2.28. The van der Waals surface area contributed by atoms with Gasteiger partial charge in [0.2, 0.25) is 0 Å². The second kappa shape index (κ2) is 8.12. The van der Waals surface area contributed by atoms with Crippen LogP contribution in [-0.4, -0.2) is 58.3 Å². The molecule has 0 aliphatic carbocycles. The number of carboxylic acids is 1. The van der Waals surface area contributed by atoms with Crippen molar-refractivity contribution < 1.29 is 19.4 Å². The minimum atomic E-state index is -0.847. The normalized spacial score (nSPS) is 18.0. The van der Waals surface area contributed by atoms with E-state index in [4.69, 9.17) is 4.74 Å². The zero-order valence-electron chi connectivity index (χ0n) is 16.4. The quantitative estimate of drug-likeness (QED) is 0.741. The SMILES string of the molecule is CC(C)(C)OC(=O)Nc1cccc2ccc(CN3CCNCC3C(=O)O)nc12. The number of nitrogens with zero attached hydrogens (tertiary/aromatic N) is 2. The van der Waals surface area contributed by atoms with Crippen LogP contribution >= 0.6 is 0 Å². The summed E-state index contributed by atoms with van der Waals surface area (Å²) < 4.78 is 5.32. The second-order valence-corrected chi connectivity index (χ2v) is 7.84. The smallest absolute Gasteiger partial charge is 0.412 e. The summed E-state index contributed by atoms with van der Waals surface area (Å²) in [6.07, 6.45) is -0.541. The van der Waals surface area contributed by atoms with Crippen LogP contribution in [0.3, 0.4) is 0 Å². The maximum Gasteiger partial charge on any atom is 0.412 e. The Morgan fingerprint density at radius 1 is 1.32 bits per heavy atom. The van der Waals surface area contributed by atoms with Crippen molar-refractivity contribution in [1.29, 1.82) is 0 Å². The molecule has 1 aromatic heterocycles. The molecule has 1 aliphatic heterocycles. The predicted octanol–water partition coefficient (Wildman–Crippen LogP) is 2.44. The molecule has 1 aromatic carbocycles. The molecule has 1 unspecified atom stereocenters. The van der Waals surface area contributed by atoms with Crippen molar-refractivity contribution in [1.82, 2.24) is 15.2 Å². The lowest BCUT2D eigenvalue weighted by atomic mass is 10.1. The van der Waals surface area contributed by atoms with Crippen LogP contribution < -0.4 is 10.6 Å². The van der Waals surface area contributed by atoms with Gasteiger partial charge in [0, 0.05) is 31.6 Å². The molecule has 1 saturated heterocycles. The molecule has 0 bridgehead atoms. The first-order chi connectivity index (χ1) is 13.2. The van der Waals surface area contributed by atoms with E-state index in [0.29, 0.717) is 30.8 Å². The summed E-state index contributed by atoms with van der Waals surface area (Å²) in [6.45, 7) is 7.62. The summed E-state index contributed by atoms with van der Waals surface area (Å²) in [6, 6.07) is 8.76. The zero-order chi connectivity index (χ0) is 20.3. The van der Waals surface area contributed by atoms with Crippen molar-refractivity contribution in [2.45, 2.75) is 39.0 Å². The van der Waals surface area contributed by atoms with E-state index < -0.39 is 23.7 Å². The van der Waals surface area contributed by atoms with Crippen LogP contribution in [-0.2, 0) is 16.1 Å². The Bertz CT molecular complexity index is 878. The first-order valence-corrected chi connectivity index (χ1v) is 9.29.